The van der Waals surface area contributed by atoms with Gasteiger partial charge in [0.2, 0.25) is 0 Å². The zero-order chi connectivity index (χ0) is 10.4. The summed E-state index contributed by atoms with van der Waals surface area (Å²) in [4.78, 5) is 4.23. The Morgan fingerprint density at radius 3 is 2.93 bits per heavy atom. The number of ether oxygens (including phenoxy) is 1. The van der Waals surface area contributed by atoms with Crippen molar-refractivity contribution in [3.63, 3.8) is 0 Å². The second-order valence-corrected chi connectivity index (χ2v) is 3.27. The van der Waals surface area contributed by atoms with Crippen LogP contribution in [0.2, 0.25) is 0 Å². The molecule has 0 fully saturated rings. The quantitative estimate of drug-likeness (QED) is 0.720. The van der Waals surface area contributed by atoms with Crippen LogP contribution in [0.3, 0.4) is 0 Å². The van der Waals surface area contributed by atoms with E-state index in [2.05, 4.69) is 11.6 Å². The Morgan fingerprint density at radius 1 is 1.64 bits per heavy atom. The summed E-state index contributed by atoms with van der Waals surface area (Å²) in [5.41, 5.74) is 6.65. The fourth-order valence-corrected chi connectivity index (χ4v) is 1.10. The molecule has 0 saturated carbocycles. The SMILES string of the molecule is C=CCOc1ccc(CC(C)N)nc1. The monoisotopic (exact) mass is 192 g/mol. The summed E-state index contributed by atoms with van der Waals surface area (Å²) in [5.74, 6) is 0.762. The highest BCUT2D eigenvalue weighted by molar-refractivity contribution is 5.20. The zero-order valence-corrected chi connectivity index (χ0v) is 8.44. The van der Waals surface area contributed by atoms with Crippen LogP contribution in [0.15, 0.2) is 31.0 Å². The van der Waals surface area contributed by atoms with E-state index < -0.39 is 0 Å². The average Bonchev–Trinajstić information content (AvgIpc) is 2.16. The predicted octanol–water partition coefficient (Wildman–Crippen LogP) is 1.54. The predicted molar refractivity (Wildman–Crippen MR) is 57.3 cm³/mol. The zero-order valence-electron chi connectivity index (χ0n) is 8.44. The summed E-state index contributed by atoms with van der Waals surface area (Å²) < 4.78 is 5.30. The van der Waals surface area contributed by atoms with Gasteiger partial charge in [-0.3, -0.25) is 4.98 Å². The Kier molecular flexibility index (Phi) is 4.13. The molecule has 0 aliphatic carbocycles. The second kappa shape index (κ2) is 5.40. The molecule has 0 bridgehead atoms. The highest BCUT2D eigenvalue weighted by atomic mass is 16.5. The van der Waals surface area contributed by atoms with E-state index in [0.717, 1.165) is 17.9 Å². The minimum atomic E-state index is 0.141. The summed E-state index contributed by atoms with van der Waals surface area (Å²) >= 11 is 0. The lowest BCUT2D eigenvalue weighted by Crippen LogP contribution is -2.18. The van der Waals surface area contributed by atoms with Crippen molar-refractivity contribution in [2.24, 2.45) is 5.73 Å². The highest BCUT2D eigenvalue weighted by Crippen LogP contribution is 2.09. The van der Waals surface area contributed by atoms with Crippen molar-refractivity contribution in [2.75, 3.05) is 6.61 Å². The maximum absolute atomic E-state index is 5.66. The van der Waals surface area contributed by atoms with Crippen LogP contribution in [0, 0.1) is 0 Å². The number of pyridine rings is 1. The number of aromatic nitrogens is 1. The summed E-state index contributed by atoms with van der Waals surface area (Å²) in [6, 6.07) is 3.97. The lowest BCUT2D eigenvalue weighted by Gasteiger charge is -2.06. The van der Waals surface area contributed by atoms with Gasteiger partial charge in [-0.25, -0.2) is 0 Å². The van der Waals surface area contributed by atoms with Gasteiger partial charge in [-0.1, -0.05) is 12.7 Å². The Morgan fingerprint density at radius 2 is 2.43 bits per heavy atom. The molecule has 0 radical (unpaired) electrons. The number of hydrogen-bond acceptors (Lipinski definition) is 3. The van der Waals surface area contributed by atoms with Crippen LogP contribution in [0.4, 0.5) is 0 Å². The molecule has 76 valence electrons. The topological polar surface area (TPSA) is 48.1 Å². The second-order valence-electron chi connectivity index (χ2n) is 3.27. The summed E-state index contributed by atoms with van der Waals surface area (Å²) in [6.45, 7) is 6.04. The first-order chi connectivity index (χ1) is 6.72. The maximum atomic E-state index is 5.66. The molecule has 0 aliphatic heterocycles. The van der Waals surface area contributed by atoms with Gasteiger partial charge in [0.15, 0.2) is 0 Å². The highest BCUT2D eigenvalue weighted by Gasteiger charge is 1.99. The van der Waals surface area contributed by atoms with Crippen molar-refractivity contribution < 1.29 is 4.74 Å². The van der Waals surface area contributed by atoms with E-state index in [9.17, 15) is 0 Å². The van der Waals surface area contributed by atoms with Crippen LogP contribution >= 0.6 is 0 Å². The maximum Gasteiger partial charge on any atom is 0.138 e. The Labute approximate surface area is 84.6 Å². The summed E-state index contributed by atoms with van der Waals surface area (Å²) in [6.07, 6.45) is 4.21. The van der Waals surface area contributed by atoms with Gasteiger partial charge < -0.3 is 10.5 Å². The van der Waals surface area contributed by atoms with Crippen LogP contribution < -0.4 is 10.5 Å². The van der Waals surface area contributed by atoms with Crippen molar-refractivity contribution in [2.45, 2.75) is 19.4 Å². The molecule has 1 aromatic rings. The van der Waals surface area contributed by atoms with E-state index in [1.807, 2.05) is 19.1 Å². The van der Waals surface area contributed by atoms with Gasteiger partial charge in [-0.2, -0.15) is 0 Å². The molecule has 0 saturated heterocycles. The number of nitrogens with two attached hydrogens (primary N) is 1. The van der Waals surface area contributed by atoms with Crippen LogP contribution in [0.5, 0.6) is 5.75 Å². The van der Waals surface area contributed by atoms with Gasteiger partial charge in [-0.15, -0.1) is 0 Å². The Bertz CT molecular complexity index is 280. The first-order valence-corrected chi connectivity index (χ1v) is 4.66. The van der Waals surface area contributed by atoms with E-state index in [1.54, 1.807) is 12.3 Å². The molecule has 0 spiro atoms. The smallest absolute Gasteiger partial charge is 0.138 e. The molecule has 0 aromatic carbocycles. The molecule has 3 nitrogen and oxygen atoms in total. The summed E-state index contributed by atoms with van der Waals surface area (Å²) in [7, 11) is 0. The van der Waals surface area contributed by atoms with Crippen molar-refractivity contribution in [3.05, 3.63) is 36.7 Å². The van der Waals surface area contributed by atoms with E-state index in [0.29, 0.717) is 6.61 Å². The minimum absolute atomic E-state index is 0.141. The molecule has 2 N–H and O–H groups in total. The molecule has 0 aliphatic rings. The largest absolute Gasteiger partial charge is 0.488 e. The van der Waals surface area contributed by atoms with Gasteiger partial charge in [-0.05, 0) is 19.1 Å². The standard InChI is InChI=1S/C11H16N2O/c1-3-6-14-11-5-4-10(13-8-11)7-9(2)12/h3-5,8-9H,1,6-7,12H2,2H3. The van der Waals surface area contributed by atoms with Gasteiger partial charge in [0.05, 0.1) is 6.20 Å². The van der Waals surface area contributed by atoms with Crippen molar-refractivity contribution in [1.82, 2.24) is 4.98 Å². The van der Waals surface area contributed by atoms with Gasteiger partial charge in [0.1, 0.15) is 12.4 Å². The van der Waals surface area contributed by atoms with Crippen molar-refractivity contribution in [3.8, 4) is 5.75 Å². The molecule has 1 unspecified atom stereocenters. The van der Waals surface area contributed by atoms with Crippen molar-refractivity contribution >= 4 is 0 Å². The number of rotatable bonds is 5. The Balaban J connectivity index is 2.54. The van der Waals surface area contributed by atoms with Crippen LogP contribution in [-0.4, -0.2) is 17.6 Å². The van der Waals surface area contributed by atoms with E-state index in [4.69, 9.17) is 10.5 Å². The van der Waals surface area contributed by atoms with Crippen LogP contribution in [-0.2, 0) is 6.42 Å². The lowest BCUT2D eigenvalue weighted by molar-refractivity contribution is 0.361. The molecule has 0 amide bonds. The molecule has 1 aromatic heterocycles. The number of hydrogen-bond donors (Lipinski definition) is 1. The third-order valence-corrected chi connectivity index (χ3v) is 1.70. The molecule has 3 heteroatoms. The fourth-order valence-electron chi connectivity index (χ4n) is 1.10. The van der Waals surface area contributed by atoms with Gasteiger partial charge in [0, 0.05) is 18.2 Å². The Hall–Kier alpha value is -1.35. The average molecular weight is 192 g/mol. The first-order valence-electron chi connectivity index (χ1n) is 4.66. The van der Waals surface area contributed by atoms with E-state index in [-0.39, 0.29) is 6.04 Å². The molecule has 14 heavy (non-hydrogen) atoms. The first kappa shape index (κ1) is 10.7. The molecular formula is C11H16N2O. The van der Waals surface area contributed by atoms with Crippen LogP contribution in [0.25, 0.3) is 0 Å². The molecular weight excluding hydrogens is 176 g/mol. The van der Waals surface area contributed by atoms with Crippen molar-refractivity contribution in [1.29, 1.82) is 0 Å². The number of nitrogens with zero attached hydrogens (tertiary/aromatic N) is 1. The molecule has 1 rings (SSSR count). The van der Waals surface area contributed by atoms with E-state index >= 15 is 0 Å². The molecule has 1 heterocycles. The third kappa shape index (κ3) is 3.58. The van der Waals surface area contributed by atoms with Gasteiger partial charge in [0.25, 0.3) is 0 Å². The van der Waals surface area contributed by atoms with E-state index in [1.165, 1.54) is 0 Å². The van der Waals surface area contributed by atoms with Gasteiger partial charge >= 0.3 is 0 Å². The van der Waals surface area contributed by atoms with Crippen LogP contribution in [0.1, 0.15) is 12.6 Å². The summed E-state index contributed by atoms with van der Waals surface area (Å²) in [5, 5.41) is 0. The minimum Gasteiger partial charge on any atom is -0.488 e. The fraction of sp³-hybridized carbons (Fsp3) is 0.364. The molecule has 1 atom stereocenters. The third-order valence-electron chi connectivity index (χ3n) is 1.70. The normalized spacial score (nSPS) is 12.1. The lowest BCUT2D eigenvalue weighted by atomic mass is 10.2.